The molecule has 0 aliphatic heterocycles. The summed E-state index contributed by atoms with van der Waals surface area (Å²) >= 11 is 0. The third-order valence-corrected chi connectivity index (χ3v) is 4.04. The van der Waals surface area contributed by atoms with Crippen LogP contribution in [0.25, 0.3) is 0 Å². The summed E-state index contributed by atoms with van der Waals surface area (Å²) in [5, 5.41) is 0. The molecule has 0 atom stereocenters. The number of benzene rings is 2. The Bertz CT molecular complexity index is 545. The second-order valence-corrected chi connectivity index (χ2v) is 5.97. The number of rotatable bonds is 6. The Morgan fingerprint density at radius 1 is 0.667 bits per heavy atom. The molecule has 0 aliphatic rings. The zero-order valence-corrected chi connectivity index (χ0v) is 13.7. The first-order valence-electron chi connectivity index (χ1n) is 7.76. The summed E-state index contributed by atoms with van der Waals surface area (Å²) in [5.74, 6) is 0. The molecule has 0 aliphatic carbocycles. The second kappa shape index (κ2) is 7.42. The van der Waals surface area contributed by atoms with Crippen LogP contribution in [0.1, 0.15) is 33.4 Å². The van der Waals surface area contributed by atoms with Crippen LogP contribution in [0.5, 0.6) is 0 Å². The van der Waals surface area contributed by atoms with Crippen molar-refractivity contribution in [3.8, 4) is 0 Å². The van der Waals surface area contributed by atoms with Gasteiger partial charge in [-0.25, -0.2) is 0 Å². The average Bonchev–Trinajstić information content (AvgIpc) is 2.45. The maximum absolute atomic E-state index is 5.83. The topological polar surface area (TPSA) is 9.23 Å². The fourth-order valence-electron chi connectivity index (χ4n) is 2.61. The summed E-state index contributed by atoms with van der Waals surface area (Å²) in [4.78, 5) is 0. The van der Waals surface area contributed by atoms with E-state index in [4.69, 9.17) is 4.74 Å². The summed E-state index contributed by atoms with van der Waals surface area (Å²) in [7, 11) is 0. The van der Waals surface area contributed by atoms with Crippen LogP contribution in [-0.2, 0) is 17.6 Å². The van der Waals surface area contributed by atoms with E-state index in [0.717, 1.165) is 26.1 Å². The monoisotopic (exact) mass is 282 g/mol. The van der Waals surface area contributed by atoms with Gasteiger partial charge < -0.3 is 4.74 Å². The first-order valence-corrected chi connectivity index (χ1v) is 7.76. The molecule has 2 aromatic rings. The second-order valence-electron chi connectivity index (χ2n) is 5.97. The third-order valence-electron chi connectivity index (χ3n) is 4.04. The Morgan fingerprint density at radius 2 is 1.10 bits per heavy atom. The Morgan fingerprint density at radius 3 is 1.52 bits per heavy atom. The zero-order chi connectivity index (χ0) is 15.2. The summed E-state index contributed by atoms with van der Waals surface area (Å²) in [5.41, 5.74) is 8.18. The molecule has 0 N–H and O–H groups in total. The molecule has 0 saturated carbocycles. The minimum absolute atomic E-state index is 0.801. The summed E-state index contributed by atoms with van der Waals surface area (Å²) in [6.45, 7) is 10.2. The normalized spacial score (nSPS) is 10.9. The van der Waals surface area contributed by atoms with Gasteiger partial charge in [-0.2, -0.15) is 0 Å². The molecule has 0 aromatic heterocycles. The van der Waals surface area contributed by atoms with Crippen molar-refractivity contribution in [1.29, 1.82) is 0 Å². The SMILES string of the molecule is Cc1ccc(C)c(CCOCCc2cc(C)ccc2C)c1. The highest BCUT2D eigenvalue weighted by atomic mass is 16.5. The van der Waals surface area contributed by atoms with E-state index in [1.54, 1.807) is 0 Å². The van der Waals surface area contributed by atoms with E-state index in [1.165, 1.54) is 33.4 Å². The molecular formula is C20H26O. The van der Waals surface area contributed by atoms with Crippen molar-refractivity contribution in [2.75, 3.05) is 13.2 Å². The van der Waals surface area contributed by atoms with Crippen LogP contribution >= 0.6 is 0 Å². The first-order chi connectivity index (χ1) is 10.1. The van der Waals surface area contributed by atoms with E-state index < -0.39 is 0 Å². The molecule has 0 unspecified atom stereocenters. The summed E-state index contributed by atoms with van der Waals surface area (Å²) < 4.78 is 5.83. The van der Waals surface area contributed by atoms with Crippen LogP contribution in [0.3, 0.4) is 0 Å². The highest BCUT2D eigenvalue weighted by Crippen LogP contribution is 2.13. The van der Waals surface area contributed by atoms with Crippen molar-refractivity contribution in [2.45, 2.75) is 40.5 Å². The lowest BCUT2D eigenvalue weighted by Crippen LogP contribution is -2.05. The van der Waals surface area contributed by atoms with Gasteiger partial charge >= 0.3 is 0 Å². The van der Waals surface area contributed by atoms with E-state index in [0.29, 0.717) is 0 Å². The quantitative estimate of drug-likeness (QED) is 0.696. The Balaban J connectivity index is 1.77. The van der Waals surface area contributed by atoms with Gasteiger partial charge in [0, 0.05) is 0 Å². The van der Waals surface area contributed by atoms with Gasteiger partial charge in [0.25, 0.3) is 0 Å². The van der Waals surface area contributed by atoms with Crippen molar-refractivity contribution in [3.05, 3.63) is 69.8 Å². The zero-order valence-electron chi connectivity index (χ0n) is 13.7. The van der Waals surface area contributed by atoms with Gasteiger partial charge in [0.15, 0.2) is 0 Å². The molecule has 0 fully saturated rings. The van der Waals surface area contributed by atoms with Gasteiger partial charge in [-0.3, -0.25) is 0 Å². The molecule has 1 nitrogen and oxygen atoms in total. The van der Waals surface area contributed by atoms with Gasteiger partial charge in [0.1, 0.15) is 0 Å². The highest BCUT2D eigenvalue weighted by molar-refractivity contribution is 5.31. The third kappa shape index (κ3) is 4.71. The lowest BCUT2D eigenvalue weighted by atomic mass is 10.0. The molecule has 0 spiro atoms. The van der Waals surface area contributed by atoms with Gasteiger partial charge in [-0.15, -0.1) is 0 Å². The lowest BCUT2D eigenvalue weighted by molar-refractivity contribution is 0.140. The smallest absolute Gasteiger partial charge is 0.0506 e. The molecular weight excluding hydrogens is 256 g/mol. The Hall–Kier alpha value is -1.60. The highest BCUT2D eigenvalue weighted by Gasteiger charge is 2.01. The molecule has 0 bridgehead atoms. The molecule has 112 valence electrons. The summed E-state index contributed by atoms with van der Waals surface area (Å²) in [6, 6.07) is 13.3. The van der Waals surface area contributed by atoms with Crippen molar-refractivity contribution in [2.24, 2.45) is 0 Å². The van der Waals surface area contributed by atoms with E-state index in [-0.39, 0.29) is 0 Å². The molecule has 21 heavy (non-hydrogen) atoms. The molecule has 0 radical (unpaired) electrons. The van der Waals surface area contributed by atoms with Crippen molar-refractivity contribution < 1.29 is 4.74 Å². The van der Waals surface area contributed by atoms with Crippen LogP contribution < -0.4 is 0 Å². The van der Waals surface area contributed by atoms with Gasteiger partial charge in [0.05, 0.1) is 13.2 Å². The van der Waals surface area contributed by atoms with Gasteiger partial charge in [-0.05, 0) is 62.8 Å². The maximum atomic E-state index is 5.83. The molecule has 0 amide bonds. The molecule has 2 rings (SSSR count). The Labute approximate surface area is 129 Å². The Kier molecular flexibility index (Phi) is 5.58. The fraction of sp³-hybridized carbons (Fsp3) is 0.400. The lowest BCUT2D eigenvalue weighted by Gasteiger charge is -2.10. The van der Waals surface area contributed by atoms with Crippen LogP contribution in [-0.4, -0.2) is 13.2 Å². The van der Waals surface area contributed by atoms with E-state index >= 15 is 0 Å². The minimum atomic E-state index is 0.801. The predicted molar refractivity (Wildman–Crippen MR) is 90.1 cm³/mol. The predicted octanol–water partition coefficient (Wildman–Crippen LogP) is 4.72. The molecule has 0 saturated heterocycles. The van der Waals surface area contributed by atoms with Crippen LogP contribution in [0.15, 0.2) is 36.4 Å². The molecule has 2 aromatic carbocycles. The fourth-order valence-corrected chi connectivity index (χ4v) is 2.61. The van der Waals surface area contributed by atoms with Crippen molar-refractivity contribution >= 4 is 0 Å². The molecule has 0 heterocycles. The minimum Gasteiger partial charge on any atom is -0.381 e. The molecule has 1 heteroatoms. The first kappa shape index (κ1) is 15.8. The number of aryl methyl sites for hydroxylation is 4. The van der Waals surface area contributed by atoms with E-state index in [2.05, 4.69) is 64.1 Å². The van der Waals surface area contributed by atoms with E-state index in [1.807, 2.05) is 0 Å². The van der Waals surface area contributed by atoms with Gasteiger partial charge in [-0.1, -0.05) is 47.5 Å². The van der Waals surface area contributed by atoms with Crippen LogP contribution in [0, 0.1) is 27.7 Å². The largest absolute Gasteiger partial charge is 0.381 e. The van der Waals surface area contributed by atoms with Crippen LogP contribution in [0.2, 0.25) is 0 Å². The number of ether oxygens (including phenoxy) is 1. The van der Waals surface area contributed by atoms with Crippen molar-refractivity contribution in [3.63, 3.8) is 0 Å². The van der Waals surface area contributed by atoms with Gasteiger partial charge in [0.2, 0.25) is 0 Å². The average molecular weight is 282 g/mol. The summed E-state index contributed by atoms with van der Waals surface area (Å²) in [6.07, 6.45) is 2.00. The van der Waals surface area contributed by atoms with Crippen molar-refractivity contribution in [1.82, 2.24) is 0 Å². The standard InChI is InChI=1S/C20H26O/c1-15-5-7-17(3)19(13-15)9-11-21-12-10-20-14-16(2)6-8-18(20)4/h5-8,13-14H,9-12H2,1-4H3. The number of hydrogen-bond donors (Lipinski definition) is 0. The van der Waals surface area contributed by atoms with E-state index in [9.17, 15) is 0 Å². The maximum Gasteiger partial charge on any atom is 0.0506 e. The van der Waals surface area contributed by atoms with Crippen LogP contribution in [0.4, 0.5) is 0 Å². The number of hydrogen-bond acceptors (Lipinski definition) is 1.